The summed E-state index contributed by atoms with van der Waals surface area (Å²) in [5.41, 5.74) is 0. The minimum Gasteiger partial charge on any atom is -0.396 e. The molecule has 0 amide bonds. The molecular weight excluding hydrogens is 212 g/mol. The second-order valence-electron chi connectivity index (χ2n) is 5.17. The minimum absolute atomic E-state index is 0.349. The lowest BCUT2D eigenvalue weighted by molar-refractivity contribution is 0.141. The predicted octanol–water partition coefficient (Wildman–Crippen LogP) is 2.00. The van der Waals surface area contributed by atoms with Crippen LogP contribution in [0.5, 0.6) is 0 Å². The minimum atomic E-state index is 0.349. The maximum atomic E-state index is 8.77. The molecule has 0 bridgehead atoms. The molecule has 1 atom stereocenters. The monoisotopic (exact) mass is 242 g/mol. The number of rotatable bonds is 9. The van der Waals surface area contributed by atoms with E-state index in [0.29, 0.717) is 6.61 Å². The molecule has 0 aromatic heterocycles. The zero-order valence-corrected chi connectivity index (χ0v) is 11.5. The molecular formula is C14H30N2O. The first-order chi connectivity index (χ1) is 8.38. The average Bonchev–Trinajstić information content (AvgIpc) is 2.36. The van der Waals surface area contributed by atoms with Crippen LogP contribution in [0.1, 0.15) is 51.9 Å². The Bertz CT molecular complexity index is 176. The smallest absolute Gasteiger partial charge is 0.0431 e. The zero-order chi connectivity index (χ0) is 12.3. The van der Waals surface area contributed by atoms with Gasteiger partial charge in [0.2, 0.25) is 0 Å². The van der Waals surface area contributed by atoms with Gasteiger partial charge in [0.15, 0.2) is 0 Å². The molecule has 17 heavy (non-hydrogen) atoms. The normalized spacial score (nSPS) is 21.9. The van der Waals surface area contributed by atoms with Crippen molar-refractivity contribution < 1.29 is 5.11 Å². The molecule has 2 N–H and O–H groups in total. The third-order valence-electron chi connectivity index (χ3n) is 3.66. The van der Waals surface area contributed by atoms with Gasteiger partial charge in [0.05, 0.1) is 0 Å². The number of hydrogen-bond donors (Lipinski definition) is 2. The summed E-state index contributed by atoms with van der Waals surface area (Å²) in [6.07, 6.45) is 8.72. The van der Waals surface area contributed by atoms with Gasteiger partial charge < -0.3 is 10.4 Å². The van der Waals surface area contributed by atoms with E-state index in [0.717, 1.165) is 25.6 Å². The van der Waals surface area contributed by atoms with E-state index in [1.54, 1.807) is 0 Å². The maximum absolute atomic E-state index is 8.77. The number of piperidine rings is 1. The van der Waals surface area contributed by atoms with Crippen LogP contribution in [-0.2, 0) is 0 Å². The molecule has 0 aromatic rings. The molecule has 0 spiro atoms. The summed E-state index contributed by atoms with van der Waals surface area (Å²) in [6, 6.07) is 0.754. The van der Waals surface area contributed by atoms with Crippen molar-refractivity contribution in [2.75, 3.05) is 32.8 Å². The standard InChI is InChI=1S/C14H30N2O/c1-2-9-15-13-14-8-4-6-11-16(14)10-5-3-7-12-17/h14-15,17H,2-13H2,1H3. The largest absolute Gasteiger partial charge is 0.396 e. The Hall–Kier alpha value is -0.120. The predicted molar refractivity (Wildman–Crippen MR) is 73.3 cm³/mol. The van der Waals surface area contributed by atoms with E-state index >= 15 is 0 Å². The van der Waals surface area contributed by atoms with Crippen molar-refractivity contribution in [1.82, 2.24) is 10.2 Å². The summed E-state index contributed by atoms with van der Waals surface area (Å²) in [5, 5.41) is 12.3. The van der Waals surface area contributed by atoms with Crippen LogP contribution in [0.15, 0.2) is 0 Å². The van der Waals surface area contributed by atoms with Crippen LogP contribution in [0.3, 0.4) is 0 Å². The number of likely N-dealkylation sites (tertiary alicyclic amines) is 1. The summed E-state index contributed by atoms with van der Waals surface area (Å²) < 4.78 is 0. The number of hydrogen-bond acceptors (Lipinski definition) is 3. The Labute approximate surface area is 107 Å². The number of nitrogens with zero attached hydrogens (tertiary/aromatic N) is 1. The van der Waals surface area contributed by atoms with Crippen LogP contribution in [0, 0.1) is 0 Å². The number of unbranched alkanes of at least 4 members (excludes halogenated alkanes) is 2. The van der Waals surface area contributed by atoms with Crippen LogP contribution in [0.25, 0.3) is 0 Å². The van der Waals surface area contributed by atoms with E-state index in [1.807, 2.05) is 0 Å². The quantitative estimate of drug-likeness (QED) is 0.607. The lowest BCUT2D eigenvalue weighted by atomic mass is 10.0. The Morgan fingerprint density at radius 1 is 1.24 bits per heavy atom. The van der Waals surface area contributed by atoms with E-state index in [-0.39, 0.29) is 0 Å². The molecule has 1 fully saturated rings. The Balaban J connectivity index is 2.17. The molecule has 3 heteroatoms. The van der Waals surface area contributed by atoms with Crippen molar-refractivity contribution in [3.8, 4) is 0 Å². The van der Waals surface area contributed by atoms with Crippen LogP contribution in [0.2, 0.25) is 0 Å². The second kappa shape index (κ2) is 9.86. The van der Waals surface area contributed by atoms with Gasteiger partial charge in [-0.05, 0) is 58.2 Å². The molecule has 0 aliphatic carbocycles. The van der Waals surface area contributed by atoms with Gasteiger partial charge in [0.1, 0.15) is 0 Å². The summed E-state index contributed by atoms with van der Waals surface area (Å²) >= 11 is 0. The molecule has 1 rings (SSSR count). The van der Waals surface area contributed by atoms with Crippen molar-refractivity contribution >= 4 is 0 Å². The molecule has 0 saturated carbocycles. The number of aliphatic hydroxyl groups excluding tert-OH is 1. The van der Waals surface area contributed by atoms with Crippen LogP contribution in [0.4, 0.5) is 0 Å². The molecule has 0 aromatic carbocycles. The third-order valence-corrected chi connectivity index (χ3v) is 3.66. The van der Waals surface area contributed by atoms with Crippen LogP contribution >= 0.6 is 0 Å². The van der Waals surface area contributed by atoms with Crippen molar-refractivity contribution in [2.24, 2.45) is 0 Å². The SMILES string of the molecule is CCCNCC1CCCCN1CCCCCO. The second-order valence-corrected chi connectivity index (χ2v) is 5.17. The number of aliphatic hydroxyl groups is 1. The molecule has 3 nitrogen and oxygen atoms in total. The van der Waals surface area contributed by atoms with Crippen LogP contribution < -0.4 is 5.32 Å². The van der Waals surface area contributed by atoms with Crippen molar-refractivity contribution in [3.05, 3.63) is 0 Å². The first-order valence-corrected chi connectivity index (χ1v) is 7.44. The van der Waals surface area contributed by atoms with Gasteiger partial charge in [0, 0.05) is 19.2 Å². The lowest BCUT2D eigenvalue weighted by Gasteiger charge is -2.36. The molecule has 102 valence electrons. The molecule has 1 aliphatic heterocycles. The van der Waals surface area contributed by atoms with E-state index in [2.05, 4.69) is 17.1 Å². The molecule has 1 unspecified atom stereocenters. The fourth-order valence-corrected chi connectivity index (χ4v) is 2.63. The highest BCUT2D eigenvalue weighted by molar-refractivity contribution is 4.78. The lowest BCUT2D eigenvalue weighted by Crippen LogP contribution is -2.45. The van der Waals surface area contributed by atoms with Crippen molar-refractivity contribution in [1.29, 1.82) is 0 Å². The third kappa shape index (κ3) is 6.39. The average molecular weight is 242 g/mol. The summed E-state index contributed by atoms with van der Waals surface area (Å²) in [5.74, 6) is 0. The fourth-order valence-electron chi connectivity index (χ4n) is 2.63. The van der Waals surface area contributed by atoms with Gasteiger partial charge in [-0.1, -0.05) is 13.3 Å². The van der Waals surface area contributed by atoms with E-state index in [9.17, 15) is 0 Å². The first-order valence-electron chi connectivity index (χ1n) is 7.44. The van der Waals surface area contributed by atoms with E-state index < -0.39 is 0 Å². The van der Waals surface area contributed by atoms with Gasteiger partial charge in [-0.3, -0.25) is 4.90 Å². The highest BCUT2D eigenvalue weighted by Crippen LogP contribution is 2.17. The molecule has 1 heterocycles. The summed E-state index contributed by atoms with van der Waals surface area (Å²) in [4.78, 5) is 2.66. The maximum Gasteiger partial charge on any atom is 0.0431 e. The van der Waals surface area contributed by atoms with E-state index in [4.69, 9.17) is 5.11 Å². The summed E-state index contributed by atoms with van der Waals surface area (Å²) in [7, 11) is 0. The van der Waals surface area contributed by atoms with Gasteiger partial charge >= 0.3 is 0 Å². The van der Waals surface area contributed by atoms with Gasteiger partial charge in [-0.15, -0.1) is 0 Å². The number of nitrogens with one attached hydrogen (secondary N) is 1. The Morgan fingerprint density at radius 3 is 2.88 bits per heavy atom. The van der Waals surface area contributed by atoms with E-state index in [1.165, 1.54) is 51.6 Å². The van der Waals surface area contributed by atoms with Gasteiger partial charge in [-0.2, -0.15) is 0 Å². The van der Waals surface area contributed by atoms with Gasteiger partial charge in [0.25, 0.3) is 0 Å². The zero-order valence-electron chi connectivity index (χ0n) is 11.5. The Kier molecular flexibility index (Phi) is 8.67. The molecule has 1 saturated heterocycles. The molecule has 0 radical (unpaired) electrons. The fraction of sp³-hybridized carbons (Fsp3) is 1.00. The van der Waals surface area contributed by atoms with Crippen molar-refractivity contribution in [2.45, 2.75) is 57.9 Å². The highest BCUT2D eigenvalue weighted by atomic mass is 16.2. The highest BCUT2D eigenvalue weighted by Gasteiger charge is 2.20. The topological polar surface area (TPSA) is 35.5 Å². The van der Waals surface area contributed by atoms with Gasteiger partial charge in [-0.25, -0.2) is 0 Å². The Morgan fingerprint density at radius 2 is 2.12 bits per heavy atom. The molecule has 1 aliphatic rings. The first kappa shape index (κ1) is 14.9. The van der Waals surface area contributed by atoms with Crippen LogP contribution in [-0.4, -0.2) is 48.8 Å². The van der Waals surface area contributed by atoms with Crippen molar-refractivity contribution in [3.63, 3.8) is 0 Å². The summed E-state index contributed by atoms with van der Waals surface area (Å²) in [6.45, 7) is 7.38.